The predicted octanol–water partition coefficient (Wildman–Crippen LogP) is 1.49. The van der Waals surface area contributed by atoms with Gasteiger partial charge in [0.1, 0.15) is 6.33 Å². The maximum absolute atomic E-state index is 11.9. The van der Waals surface area contributed by atoms with Gasteiger partial charge in [0.2, 0.25) is 0 Å². The largest absolute Gasteiger partial charge is 0.352 e. The third-order valence-electron chi connectivity index (χ3n) is 2.42. The van der Waals surface area contributed by atoms with E-state index in [1.54, 1.807) is 6.20 Å². The third-order valence-corrected chi connectivity index (χ3v) is 2.42. The molecule has 0 aliphatic heterocycles. The molecule has 0 spiro atoms. The quantitative estimate of drug-likeness (QED) is 0.851. The van der Waals surface area contributed by atoms with Gasteiger partial charge in [0.05, 0.1) is 11.3 Å². The molecule has 0 bridgehead atoms. The average Bonchev–Trinajstić information content (AvgIpc) is 2.28. The van der Waals surface area contributed by atoms with Crippen molar-refractivity contribution in [2.24, 2.45) is 5.73 Å². The first kappa shape index (κ1) is 16.8. The van der Waals surface area contributed by atoms with Gasteiger partial charge in [0.15, 0.2) is 0 Å². The Morgan fingerprint density at radius 2 is 2.11 bits per heavy atom. The smallest absolute Gasteiger partial charge is 0.254 e. The predicted molar refractivity (Wildman–Crippen MR) is 74.0 cm³/mol. The van der Waals surface area contributed by atoms with Crippen LogP contribution in [0.4, 0.5) is 0 Å². The Morgan fingerprint density at radius 1 is 1.44 bits per heavy atom. The Hall–Kier alpha value is -1.20. The highest BCUT2D eigenvalue weighted by Gasteiger charge is 2.14. The van der Waals surface area contributed by atoms with Gasteiger partial charge in [0, 0.05) is 18.8 Å². The molecule has 1 atom stereocenters. The SMILES string of the molecule is CC(N)CCNC(=O)c1cncnc1C(C)C.Cl. The van der Waals surface area contributed by atoms with Crippen LogP contribution in [0, 0.1) is 0 Å². The summed E-state index contributed by atoms with van der Waals surface area (Å²) in [6, 6.07) is 0.0897. The van der Waals surface area contributed by atoms with Crippen molar-refractivity contribution in [2.75, 3.05) is 6.54 Å². The molecule has 0 saturated heterocycles. The first-order valence-corrected chi connectivity index (χ1v) is 5.86. The van der Waals surface area contributed by atoms with Gasteiger partial charge >= 0.3 is 0 Å². The van der Waals surface area contributed by atoms with Crippen LogP contribution in [0.1, 0.15) is 49.2 Å². The van der Waals surface area contributed by atoms with E-state index in [-0.39, 0.29) is 30.3 Å². The highest BCUT2D eigenvalue weighted by atomic mass is 35.5. The lowest BCUT2D eigenvalue weighted by Crippen LogP contribution is -2.30. The molecule has 1 aromatic heterocycles. The molecule has 3 N–H and O–H groups in total. The fourth-order valence-electron chi connectivity index (χ4n) is 1.48. The molecule has 1 aromatic rings. The van der Waals surface area contributed by atoms with Crippen molar-refractivity contribution in [1.29, 1.82) is 0 Å². The van der Waals surface area contributed by atoms with Crippen molar-refractivity contribution in [3.05, 3.63) is 23.8 Å². The number of nitrogens with one attached hydrogen (secondary N) is 1. The fraction of sp³-hybridized carbons (Fsp3) is 0.583. The Morgan fingerprint density at radius 3 is 2.67 bits per heavy atom. The van der Waals surface area contributed by atoms with E-state index < -0.39 is 0 Å². The van der Waals surface area contributed by atoms with Crippen LogP contribution >= 0.6 is 12.4 Å². The summed E-state index contributed by atoms with van der Waals surface area (Å²) in [6.45, 7) is 6.49. The number of aromatic nitrogens is 2. The van der Waals surface area contributed by atoms with Crippen LogP contribution in [0.5, 0.6) is 0 Å². The van der Waals surface area contributed by atoms with Gasteiger partial charge in [-0.25, -0.2) is 9.97 Å². The molecular weight excluding hydrogens is 252 g/mol. The normalized spacial score (nSPS) is 11.8. The molecule has 5 nitrogen and oxygen atoms in total. The summed E-state index contributed by atoms with van der Waals surface area (Å²) in [4.78, 5) is 20.0. The molecule has 1 rings (SSSR count). The molecular formula is C12H21ClN4O. The molecule has 0 radical (unpaired) electrons. The lowest BCUT2D eigenvalue weighted by molar-refractivity contribution is 0.0950. The van der Waals surface area contributed by atoms with Crippen LogP contribution in [-0.2, 0) is 0 Å². The number of carbonyl (C=O) groups excluding carboxylic acids is 1. The van der Waals surface area contributed by atoms with Crippen molar-refractivity contribution in [1.82, 2.24) is 15.3 Å². The van der Waals surface area contributed by atoms with E-state index in [1.807, 2.05) is 20.8 Å². The number of nitrogens with zero attached hydrogens (tertiary/aromatic N) is 2. The molecule has 0 saturated carbocycles. The summed E-state index contributed by atoms with van der Waals surface area (Å²) in [6.07, 6.45) is 3.79. The zero-order chi connectivity index (χ0) is 12.8. The molecule has 102 valence electrons. The monoisotopic (exact) mass is 272 g/mol. The van der Waals surface area contributed by atoms with E-state index in [0.29, 0.717) is 12.1 Å². The number of hydrogen-bond acceptors (Lipinski definition) is 4. The van der Waals surface area contributed by atoms with E-state index in [4.69, 9.17) is 5.73 Å². The first-order valence-electron chi connectivity index (χ1n) is 5.86. The topological polar surface area (TPSA) is 80.9 Å². The maximum Gasteiger partial charge on any atom is 0.254 e. The Kier molecular flexibility index (Phi) is 7.47. The van der Waals surface area contributed by atoms with Crippen LogP contribution in [-0.4, -0.2) is 28.5 Å². The minimum atomic E-state index is -0.130. The molecule has 0 fully saturated rings. The van der Waals surface area contributed by atoms with E-state index in [2.05, 4.69) is 15.3 Å². The van der Waals surface area contributed by atoms with Crippen molar-refractivity contribution in [2.45, 2.75) is 39.2 Å². The summed E-state index contributed by atoms with van der Waals surface area (Å²) in [7, 11) is 0. The van der Waals surface area contributed by atoms with Crippen LogP contribution in [0.15, 0.2) is 12.5 Å². The Labute approximate surface area is 114 Å². The van der Waals surface area contributed by atoms with E-state index in [9.17, 15) is 4.79 Å². The van der Waals surface area contributed by atoms with Gasteiger partial charge in [-0.3, -0.25) is 4.79 Å². The average molecular weight is 273 g/mol. The Bertz CT molecular complexity index is 382. The van der Waals surface area contributed by atoms with Gasteiger partial charge in [0.25, 0.3) is 5.91 Å². The van der Waals surface area contributed by atoms with Gasteiger partial charge < -0.3 is 11.1 Å². The number of carbonyl (C=O) groups is 1. The summed E-state index contributed by atoms with van der Waals surface area (Å²) < 4.78 is 0. The number of amides is 1. The van der Waals surface area contributed by atoms with Crippen LogP contribution in [0.25, 0.3) is 0 Å². The van der Waals surface area contributed by atoms with E-state index >= 15 is 0 Å². The summed E-state index contributed by atoms with van der Waals surface area (Å²) in [5.41, 5.74) is 6.94. The molecule has 1 amide bonds. The standard InChI is InChI=1S/C12H20N4O.ClH/c1-8(2)11-10(6-14-7-16-11)12(17)15-5-4-9(3)13;/h6-9H,4-5,13H2,1-3H3,(H,15,17);1H. The lowest BCUT2D eigenvalue weighted by Gasteiger charge is -2.11. The van der Waals surface area contributed by atoms with Crippen molar-refractivity contribution < 1.29 is 4.79 Å². The highest BCUT2D eigenvalue weighted by Crippen LogP contribution is 2.15. The third kappa shape index (κ3) is 4.98. The van der Waals surface area contributed by atoms with Gasteiger partial charge in [-0.05, 0) is 19.3 Å². The fourth-order valence-corrected chi connectivity index (χ4v) is 1.48. The van der Waals surface area contributed by atoms with Crippen molar-refractivity contribution >= 4 is 18.3 Å². The minimum absolute atomic E-state index is 0. The minimum Gasteiger partial charge on any atom is -0.352 e. The number of halogens is 1. The number of nitrogens with two attached hydrogens (primary N) is 1. The van der Waals surface area contributed by atoms with Crippen LogP contribution in [0.2, 0.25) is 0 Å². The van der Waals surface area contributed by atoms with Gasteiger partial charge in [-0.1, -0.05) is 13.8 Å². The molecule has 0 aliphatic carbocycles. The van der Waals surface area contributed by atoms with Gasteiger partial charge in [-0.2, -0.15) is 0 Å². The number of rotatable bonds is 5. The second-order valence-corrected chi connectivity index (χ2v) is 4.50. The van der Waals surface area contributed by atoms with Gasteiger partial charge in [-0.15, -0.1) is 12.4 Å². The second-order valence-electron chi connectivity index (χ2n) is 4.50. The maximum atomic E-state index is 11.9. The van der Waals surface area contributed by atoms with E-state index in [0.717, 1.165) is 12.1 Å². The summed E-state index contributed by atoms with van der Waals surface area (Å²) >= 11 is 0. The van der Waals surface area contributed by atoms with Crippen molar-refractivity contribution in [3.63, 3.8) is 0 Å². The molecule has 1 unspecified atom stereocenters. The molecule has 18 heavy (non-hydrogen) atoms. The summed E-state index contributed by atoms with van der Waals surface area (Å²) in [5, 5.41) is 2.83. The number of hydrogen-bond donors (Lipinski definition) is 2. The molecule has 0 aliphatic rings. The van der Waals surface area contributed by atoms with Crippen LogP contribution in [0.3, 0.4) is 0 Å². The molecule has 0 aromatic carbocycles. The van der Waals surface area contributed by atoms with Crippen LogP contribution < -0.4 is 11.1 Å². The Balaban J connectivity index is 0.00000289. The molecule has 1 heterocycles. The lowest BCUT2D eigenvalue weighted by atomic mass is 10.0. The van der Waals surface area contributed by atoms with Crippen molar-refractivity contribution in [3.8, 4) is 0 Å². The van der Waals surface area contributed by atoms with E-state index in [1.165, 1.54) is 6.33 Å². The molecule has 6 heteroatoms. The second kappa shape index (κ2) is 8.00. The highest BCUT2D eigenvalue weighted by molar-refractivity contribution is 5.95. The summed E-state index contributed by atoms with van der Waals surface area (Å²) in [5.74, 6) is 0.0714. The first-order chi connectivity index (χ1) is 8.02. The zero-order valence-electron chi connectivity index (χ0n) is 11.0. The zero-order valence-corrected chi connectivity index (χ0v) is 11.8.